The van der Waals surface area contributed by atoms with Crippen LogP contribution in [0.15, 0.2) is 0 Å². The Labute approximate surface area is 59.5 Å². The number of hydrogen-bond donors (Lipinski definition) is 1. The Morgan fingerprint density at radius 2 is 1.89 bits per heavy atom. The molecule has 0 amide bonds. The molecule has 0 fully saturated rings. The first-order valence-electron chi connectivity index (χ1n) is 2.03. The third-order valence-corrected chi connectivity index (χ3v) is 0.790. The van der Waals surface area contributed by atoms with E-state index < -0.39 is 11.8 Å². The van der Waals surface area contributed by atoms with Gasteiger partial charge in [0.25, 0.3) is 0 Å². The standard InChI is InChI=1S/C4H6O3S.CH4/c5-3(1-2-8)4(6)7;/h8H,1-2H2,(H,6,7);1H4/p-1. The Hall–Kier alpha value is -0.510. The smallest absolute Gasteiger partial charge is 0.179 e. The second-order valence-electron chi connectivity index (χ2n) is 1.18. The molecule has 0 saturated carbocycles. The monoisotopic (exact) mass is 149 g/mol. The molecule has 0 aliphatic carbocycles. The number of carboxylic acid groups (broad SMARTS) is 1. The molecule has 4 heteroatoms. The first-order valence-corrected chi connectivity index (χ1v) is 2.66. The van der Waals surface area contributed by atoms with Crippen LogP contribution in [-0.4, -0.2) is 17.5 Å². The van der Waals surface area contributed by atoms with Crippen LogP contribution in [0.4, 0.5) is 0 Å². The highest BCUT2D eigenvalue weighted by molar-refractivity contribution is 7.80. The summed E-state index contributed by atoms with van der Waals surface area (Å²) in [6.45, 7) is 0. The summed E-state index contributed by atoms with van der Waals surface area (Å²) in [6, 6.07) is 0. The maximum absolute atomic E-state index is 10.0. The van der Waals surface area contributed by atoms with Crippen LogP contribution in [0, 0.1) is 0 Å². The van der Waals surface area contributed by atoms with Crippen molar-refractivity contribution in [3.8, 4) is 0 Å². The van der Waals surface area contributed by atoms with Gasteiger partial charge in [-0.1, -0.05) is 7.43 Å². The Morgan fingerprint density at radius 1 is 1.44 bits per heavy atom. The number of thiol groups is 1. The minimum Gasteiger partial charge on any atom is -0.542 e. The van der Waals surface area contributed by atoms with Crippen molar-refractivity contribution < 1.29 is 14.7 Å². The normalized spacial score (nSPS) is 7.67. The SMILES string of the molecule is C.O=C([O-])C(=O)CCS. The fourth-order valence-corrected chi connectivity index (χ4v) is 0.407. The quantitative estimate of drug-likeness (QED) is 0.425. The zero-order chi connectivity index (χ0) is 6.57. The number of aliphatic carboxylic acids is 1. The van der Waals surface area contributed by atoms with E-state index in [1.165, 1.54) is 0 Å². The van der Waals surface area contributed by atoms with Crippen molar-refractivity contribution in [3.63, 3.8) is 0 Å². The molecule has 0 bridgehead atoms. The molecule has 0 unspecified atom stereocenters. The largest absolute Gasteiger partial charge is 0.542 e. The molecule has 0 heterocycles. The Bertz CT molecular complexity index is 111. The van der Waals surface area contributed by atoms with Gasteiger partial charge in [0.1, 0.15) is 5.97 Å². The van der Waals surface area contributed by atoms with Gasteiger partial charge in [-0.2, -0.15) is 12.6 Å². The fourth-order valence-electron chi connectivity index (χ4n) is 0.204. The summed E-state index contributed by atoms with van der Waals surface area (Å²) in [5, 5.41) is 9.59. The summed E-state index contributed by atoms with van der Waals surface area (Å²) in [5.74, 6) is -2.26. The molecule has 0 atom stereocenters. The van der Waals surface area contributed by atoms with Gasteiger partial charge in [0.05, 0.1) is 0 Å². The van der Waals surface area contributed by atoms with E-state index in [0.29, 0.717) is 0 Å². The summed E-state index contributed by atoms with van der Waals surface area (Å²) in [6.07, 6.45) is -0.0502. The number of ketones is 1. The zero-order valence-electron chi connectivity index (χ0n) is 4.09. The van der Waals surface area contributed by atoms with Crippen molar-refractivity contribution in [1.82, 2.24) is 0 Å². The van der Waals surface area contributed by atoms with E-state index in [1.54, 1.807) is 0 Å². The summed E-state index contributed by atoms with van der Waals surface area (Å²) < 4.78 is 0. The molecule has 0 aliphatic rings. The van der Waals surface area contributed by atoms with E-state index in [0.717, 1.165) is 0 Å². The molecule has 0 aromatic carbocycles. The fraction of sp³-hybridized carbons (Fsp3) is 0.600. The van der Waals surface area contributed by atoms with E-state index in [2.05, 4.69) is 12.6 Å². The molecule has 0 aliphatic heterocycles. The average Bonchev–Trinajstić information content (AvgIpc) is 1.67. The summed E-state index contributed by atoms with van der Waals surface area (Å²) in [4.78, 5) is 19.6. The van der Waals surface area contributed by atoms with Gasteiger partial charge >= 0.3 is 0 Å². The van der Waals surface area contributed by atoms with Gasteiger partial charge in [-0.05, 0) is 5.75 Å². The van der Waals surface area contributed by atoms with E-state index >= 15 is 0 Å². The van der Waals surface area contributed by atoms with Crippen molar-refractivity contribution in [1.29, 1.82) is 0 Å². The van der Waals surface area contributed by atoms with Crippen molar-refractivity contribution in [2.75, 3.05) is 5.75 Å². The van der Waals surface area contributed by atoms with Crippen LogP contribution in [0.25, 0.3) is 0 Å². The Kier molecular flexibility index (Phi) is 7.07. The van der Waals surface area contributed by atoms with Crippen LogP contribution in [-0.2, 0) is 9.59 Å². The van der Waals surface area contributed by atoms with Crippen LogP contribution in [0.5, 0.6) is 0 Å². The number of carbonyl (C=O) groups excluding carboxylic acids is 2. The maximum Gasteiger partial charge on any atom is 0.179 e. The molecule has 54 valence electrons. The number of carboxylic acids is 1. The zero-order valence-corrected chi connectivity index (χ0v) is 4.98. The van der Waals surface area contributed by atoms with Crippen LogP contribution in [0.2, 0.25) is 0 Å². The van der Waals surface area contributed by atoms with Crippen molar-refractivity contribution in [2.45, 2.75) is 13.8 Å². The second-order valence-corrected chi connectivity index (χ2v) is 1.63. The van der Waals surface area contributed by atoms with Gasteiger partial charge < -0.3 is 9.90 Å². The first kappa shape index (κ1) is 11.3. The molecule has 0 aromatic heterocycles. The molecular weight excluding hydrogens is 140 g/mol. The average molecular weight is 149 g/mol. The van der Waals surface area contributed by atoms with Crippen LogP contribution in [0.3, 0.4) is 0 Å². The number of Topliss-reactive ketones (excluding diaryl/α,β-unsaturated/α-hetero) is 1. The minimum atomic E-state index is -1.63. The minimum absolute atomic E-state index is 0. The van der Waals surface area contributed by atoms with Gasteiger partial charge in [0.2, 0.25) is 0 Å². The first-order chi connectivity index (χ1) is 3.68. The van der Waals surface area contributed by atoms with Crippen LogP contribution >= 0.6 is 12.6 Å². The number of hydrogen-bond acceptors (Lipinski definition) is 4. The molecule has 0 spiro atoms. The molecule has 0 N–H and O–H groups in total. The predicted octanol–water partition coefficient (Wildman–Crippen LogP) is -0.739. The topological polar surface area (TPSA) is 57.2 Å². The van der Waals surface area contributed by atoms with Gasteiger partial charge in [0, 0.05) is 6.42 Å². The molecule has 3 nitrogen and oxygen atoms in total. The molecular formula is C5H9O3S-. The van der Waals surface area contributed by atoms with E-state index in [-0.39, 0.29) is 19.6 Å². The Balaban J connectivity index is 0. The third-order valence-electron chi connectivity index (χ3n) is 0.567. The summed E-state index contributed by atoms with van der Waals surface area (Å²) >= 11 is 3.64. The van der Waals surface area contributed by atoms with Crippen LogP contribution < -0.4 is 5.11 Å². The van der Waals surface area contributed by atoms with E-state index in [9.17, 15) is 14.7 Å². The van der Waals surface area contributed by atoms with Gasteiger partial charge in [0.15, 0.2) is 5.78 Å². The highest BCUT2D eigenvalue weighted by Gasteiger charge is 1.97. The van der Waals surface area contributed by atoms with Gasteiger partial charge in [-0.15, -0.1) is 0 Å². The predicted molar refractivity (Wildman–Crippen MR) is 35.2 cm³/mol. The lowest BCUT2D eigenvalue weighted by atomic mass is 10.3. The highest BCUT2D eigenvalue weighted by atomic mass is 32.1. The maximum atomic E-state index is 10.0. The summed E-state index contributed by atoms with van der Waals surface area (Å²) in [5.41, 5.74) is 0. The lowest BCUT2D eigenvalue weighted by molar-refractivity contribution is -0.299. The second kappa shape index (κ2) is 5.62. The lowest BCUT2D eigenvalue weighted by Gasteiger charge is -1.94. The van der Waals surface area contributed by atoms with E-state index in [1.807, 2.05) is 0 Å². The Morgan fingerprint density at radius 3 is 2.00 bits per heavy atom. The highest BCUT2D eigenvalue weighted by Crippen LogP contribution is 1.83. The molecule has 0 aromatic rings. The van der Waals surface area contributed by atoms with Crippen molar-refractivity contribution in [2.24, 2.45) is 0 Å². The van der Waals surface area contributed by atoms with E-state index in [4.69, 9.17) is 0 Å². The molecule has 0 saturated heterocycles. The number of carbonyl (C=O) groups is 2. The van der Waals surface area contributed by atoms with Gasteiger partial charge in [-0.25, -0.2) is 0 Å². The number of rotatable bonds is 3. The molecule has 0 radical (unpaired) electrons. The lowest BCUT2D eigenvalue weighted by Crippen LogP contribution is -2.31. The molecule has 9 heavy (non-hydrogen) atoms. The van der Waals surface area contributed by atoms with Crippen LogP contribution in [0.1, 0.15) is 13.8 Å². The third kappa shape index (κ3) is 5.36. The van der Waals surface area contributed by atoms with Crippen molar-refractivity contribution >= 4 is 24.4 Å². The molecule has 0 rings (SSSR count). The van der Waals surface area contributed by atoms with Gasteiger partial charge in [-0.3, -0.25) is 4.79 Å². The summed E-state index contributed by atoms with van der Waals surface area (Å²) in [7, 11) is 0. The van der Waals surface area contributed by atoms with Crippen molar-refractivity contribution in [3.05, 3.63) is 0 Å².